The molecule has 0 aliphatic heterocycles. The molecule has 1 amide bonds. The van der Waals surface area contributed by atoms with Crippen molar-refractivity contribution in [2.24, 2.45) is 5.73 Å². The van der Waals surface area contributed by atoms with Crippen molar-refractivity contribution >= 4 is 17.7 Å². The number of carbonyl (C=O) groups is 2. The number of anilines is 1. The lowest BCUT2D eigenvalue weighted by Gasteiger charge is -2.03. The fourth-order valence-corrected chi connectivity index (χ4v) is 1.16. The van der Waals surface area contributed by atoms with E-state index in [0.717, 1.165) is 0 Å². The summed E-state index contributed by atoms with van der Waals surface area (Å²) in [7, 11) is 0. The van der Waals surface area contributed by atoms with E-state index in [2.05, 4.69) is 4.98 Å². The minimum atomic E-state index is -0.871. The average molecular weight is 212 g/mol. The molecule has 0 radical (unpaired) electrons. The summed E-state index contributed by atoms with van der Waals surface area (Å²) in [5, 5.41) is 8.42. The fraction of sp³-hybridized carbons (Fsp3) is 0.375. The molecule has 0 bridgehead atoms. The van der Waals surface area contributed by atoms with Crippen LogP contribution in [-0.2, 0) is 11.3 Å². The third-order valence-electron chi connectivity index (χ3n) is 1.90. The van der Waals surface area contributed by atoms with Crippen LogP contribution >= 0.6 is 0 Å². The Morgan fingerprint density at radius 2 is 2.20 bits per heavy atom. The topological polar surface area (TPSA) is 124 Å². The third kappa shape index (κ3) is 2.70. The molecule has 7 heteroatoms. The molecule has 1 rings (SSSR count). The van der Waals surface area contributed by atoms with Gasteiger partial charge in [-0.3, -0.25) is 9.59 Å². The molecule has 82 valence electrons. The predicted molar refractivity (Wildman–Crippen MR) is 52.0 cm³/mol. The summed E-state index contributed by atoms with van der Waals surface area (Å²) in [4.78, 5) is 24.8. The highest BCUT2D eigenvalue weighted by Crippen LogP contribution is 2.10. The van der Waals surface area contributed by atoms with Gasteiger partial charge in [0.25, 0.3) is 5.91 Å². The van der Waals surface area contributed by atoms with Crippen molar-refractivity contribution in [1.82, 2.24) is 9.55 Å². The maximum Gasteiger partial charge on any atom is 0.303 e. The summed E-state index contributed by atoms with van der Waals surface area (Å²) in [6.07, 6.45) is 1.84. The van der Waals surface area contributed by atoms with Crippen LogP contribution in [0.15, 0.2) is 6.33 Å². The number of nitrogens with zero attached hydrogens (tertiary/aromatic N) is 2. The number of carbonyl (C=O) groups excluding carboxylic acids is 1. The number of carboxylic acids is 1. The maximum absolute atomic E-state index is 10.8. The molecular weight excluding hydrogens is 200 g/mol. The predicted octanol–water partition coefficient (Wildman–Crippen LogP) is -0.571. The number of aromatic nitrogens is 2. The van der Waals surface area contributed by atoms with Gasteiger partial charge < -0.3 is 21.1 Å². The summed E-state index contributed by atoms with van der Waals surface area (Å²) in [6.45, 7) is 0.401. The largest absolute Gasteiger partial charge is 0.481 e. The number of amides is 1. The van der Waals surface area contributed by atoms with E-state index in [-0.39, 0.29) is 17.9 Å². The number of hydrogen-bond donors (Lipinski definition) is 3. The number of nitrogen functional groups attached to an aromatic ring is 1. The average Bonchev–Trinajstić information content (AvgIpc) is 2.47. The van der Waals surface area contributed by atoms with Crippen molar-refractivity contribution in [3.8, 4) is 0 Å². The van der Waals surface area contributed by atoms with Gasteiger partial charge in [0.05, 0.1) is 6.33 Å². The van der Waals surface area contributed by atoms with Gasteiger partial charge in [0.1, 0.15) is 5.82 Å². The summed E-state index contributed by atoms with van der Waals surface area (Å²) >= 11 is 0. The highest BCUT2D eigenvalue weighted by molar-refractivity contribution is 5.95. The van der Waals surface area contributed by atoms with E-state index in [1.165, 1.54) is 10.9 Å². The van der Waals surface area contributed by atoms with Crippen LogP contribution < -0.4 is 11.5 Å². The van der Waals surface area contributed by atoms with E-state index >= 15 is 0 Å². The van der Waals surface area contributed by atoms with Crippen molar-refractivity contribution in [3.05, 3.63) is 12.0 Å². The van der Waals surface area contributed by atoms with Gasteiger partial charge in [-0.2, -0.15) is 0 Å². The van der Waals surface area contributed by atoms with E-state index in [4.69, 9.17) is 16.6 Å². The van der Waals surface area contributed by atoms with Gasteiger partial charge in [0.15, 0.2) is 5.69 Å². The molecule has 1 aromatic rings. The van der Waals surface area contributed by atoms with Crippen LogP contribution in [0, 0.1) is 0 Å². The Kier molecular flexibility index (Phi) is 3.27. The molecule has 0 aromatic carbocycles. The SMILES string of the molecule is NC(=O)c1ncn(CCCC(=O)O)c1N. The number of nitrogens with two attached hydrogens (primary N) is 2. The van der Waals surface area contributed by atoms with Gasteiger partial charge in [-0.1, -0.05) is 0 Å². The normalized spacial score (nSPS) is 10.1. The Balaban J connectivity index is 2.63. The summed E-state index contributed by atoms with van der Waals surface area (Å²) in [5.74, 6) is -1.39. The second-order valence-electron chi connectivity index (χ2n) is 3.03. The second kappa shape index (κ2) is 4.45. The van der Waals surface area contributed by atoms with E-state index in [0.29, 0.717) is 13.0 Å². The number of carboxylic acid groups (broad SMARTS) is 1. The minimum absolute atomic E-state index is 0.0188. The van der Waals surface area contributed by atoms with Crippen LogP contribution in [-0.4, -0.2) is 26.5 Å². The van der Waals surface area contributed by atoms with Crippen LogP contribution in [0.4, 0.5) is 5.82 Å². The zero-order valence-electron chi connectivity index (χ0n) is 8.01. The minimum Gasteiger partial charge on any atom is -0.481 e. The van der Waals surface area contributed by atoms with Gasteiger partial charge in [-0.15, -0.1) is 0 Å². The standard InChI is InChI=1S/C8H12N4O3/c9-7-6(8(10)15)11-4-12(7)3-1-2-5(13)14/h4H,1-3,9H2,(H2,10,15)(H,13,14). The molecule has 0 saturated heterocycles. The third-order valence-corrected chi connectivity index (χ3v) is 1.90. The van der Waals surface area contributed by atoms with Crippen LogP contribution in [0.3, 0.4) is 0 Å². The van der Waals surface area contributed by atoms with Crippen LogP contribution in [0.2, 0.25) is 0 Å². The Bertz CT molecular complexity index is 385. The Morgan fingerprint density at radius 3 is 2.67 bits per heavy atom. The number of aliphatic carboxylic acids is 1. The summed E-state index contributed by atoms with van der Waals surface area (Å²) in [6, 6.07) is 0. The molecule has 5 N–H and O–H groups in total. The van der Waals surface area contributed by atoms with Gasteiger partial charge >= 0.3 is 5.97 Å². The zero-order chi connectivity index (χ0) is 11.4. The van der Waals surface area contributed by atoms with Crippen LogP contribution in [0.1, 0.15) is 23.3 Å². The van der Waals surface area contributed by atoms with Gasteiger partial charge in [-0.25, -0.2) is 4.98 Å². The molecular formula is C8H12N4O3. The lowest BCUT2D eigenvalue weighted by molar-refractivity contribution is -0.137. The number of imidazole rings is 1. The van der Waals surface area contributed by atoms with Gasteiger partial charge in [-0.05, 0) is 6.42 Å². The number of aryl methyl sites for hydroxylation is 1. The van der Waals surface area contributed by atoms with E-state index in [9.17, 15) is 9.59 Å². The van der Waals surface area contributed by atoms with Gasteiger partial charge in [0.2, 0.25) is 0 Å². The fourth-order valence-electron chi connectivity index (χ4n) is 1.16. The molecule has 0 fully saturated rings. The van der Waals surface area contributed by atoms with Crippen molar-refractivity contribution in [3.63, 3.8) is 0 Å². The highest BCUT2D eigenvalue weighted by atomic mass is 16.4. The number of rotatable bonds is 5. The molecule has 0 spiro atoms. The van der Waals surface area contributed by atoms with Crippen molar-refractivity contribution in [2.75, 3.05) is 5.73 Å². The lowest BCUT2D eigenvalue weighted by Crippen LogP contribution is -2.14. The molecule has 15 heavy (non-hydrogen) atoms. The smallest absolute Gasteiger partial charge is 0.303 e. The molecule has 0 unspecified atom stereocenters. The molecule has 1 heterocycles. The first-order chi connectivity index (χ1) is 7.02. The Labute approximate surface area is 85.7 Å². The molecule has 0 aliphatic carbocycles. The van der Waals surface area contributed by atoms with E-state index in [1.54, 1.807) is 0 Å². The highest BCUT2D eigenvalue weighted by Gasteiger charge is 2.12. The molecule has 0 aliphatic rings. The molecule has 0 atom stereocenters. The van der Waals surface area contributed by atoms with Gasteiger partial charge in [0, 0.05) is 13.0 Å². The molecule has 7 nitrogen and oxygen atoms in total. The second-order valence-corrected chi connectivity index (χ2v) is 3.03. The first kappa shape index (κ1) is 11.0. The lowest BCUT2D eigenvalue weighted by atomic mass is 10.3. The molecule has 1 aromatic heterocycles. The van der Waals surface area contributed by atoms with E-state index in [1.807, 2.05) is 0 Å². The summed E-state index contributed by atoms with van der Waals surface area (Å²) < 4.78 is 1.50. The monoisotopic (exact) mass is 212 g/mol. The molecule has 0 saturated carbocycles. The first-order valence-corrected chi connectivity index (χ1v) is 4.34. The summed E-state index contributed by atoms with van der Waals surface area (Å²) in [5.41, 5.74) is 10.6. The van der Waals surface area contributed by atoms with Crippen molar-refractivity contribution in [2.45, 2.75) is 19.4 Å². The Morgan fingerprint density at radius 1 is 1.53 bits per heavy atom. The number of primary amides is 1. The van der Waals surface area contributed by atoms with Crippen molar-refractivity contribution < 1.29 is 14.7 Å². The van der Waals surface area contributed by atoms with Crippen LogP contribution in [0.25, 0.3) is 0 Å². The van der Waals surface area contributed by atoms with Crippen molar-refractivity contribution in [1.29, 1.82) is 0 Å². The Hall–Kier alpha value is -2.05. The van der Waals surface area contributed by atoms with E-state index < -0.39 is 11.9 Å². The maximum atomic E-state index is 10.8. The zero-order valence-corrected chi connectivity index (χ0v) is 8.01. The number of hydrogen-bond acceptors (Lipinski definition) is 4. The first-order valence-electron chi connectivity index (χ1n) is 4.34. The quantitative estimate of drug-likeness (QED) is 0.602. The van der Waals surface area contributed by atoms with Crippen LogP contribution in [0.5, 0.6) is 0 Å².